The fraction of sp³-hybridized carbons (Fsp3) is 0.545. The number of hydrogen-bond acceptors (Lipinski definition) is 4. The van der Waals surface area contributed by atoms with E-state index in [0.29, 0.717) is 17.4 Å². The molecule has 5 nitrogen and oxygen atoms in total. The average molecular weight is 292 g/mol. The smallest absolute Gasteiger partial charge is 0.244 e. The lowest BCUT2D eigenvalue weighted by molar-refractivity contribution is 0.369. The molecule has 0 spiro atoms. The van der Waals surface area contributed by atoms with Crippen LogP contribution in [-0.2, 0) is 10.0 Å². The Morgan fingerprint density at radius 1 is 1.50 bits per heavy atom. The molecule has 0 amide bonds. The first-order valence-corrected chi connectivity index (χ1v) is 7.51. The molecule has 1 heterocycles. The molecule has 1 aromatic heterocycles. The van der Waals surface area contributed by atoms with Crippen LogP contribution in [0.3, 0.4) is 0 Å². The molecule has 0 aliphatic heterocycles. The van der Waals surface area contributed by atoms with Crippen LogP contribution in [0.2, 0.25) is 5.02 Å². The van der Waals surface area contributed by atoms with Crippen molar-refractivity contribution in [2.45, 2.75) is 31.7 Å². The summed E-state index contributed by atoms with van der Waals surface area (Å²) in [6, 6.07) is 1.31. The van der Waals surface area contributed by atoms with E-state index in [1.807, 2.05) is 13.8 Å². The molecular formula is C11H18ClN3O2S. The fourth-order valence-electron chi connectivity index (χ4n) is 1.69. The van der Waals surface area contributed by atoms with Crippen LogP contribution in [0.4, 0.5) is 5.82 Å². The first-order valence-electron chi connectivity index (χ1n) is 5.69. The third kappa shape index (κ3) is 2.93. The van der Waals surface area contributed by atoms with Crippen LogP contribution < -0.4 is 5.32 Å². The number of aromatic nitrogens is 1. The van der Waals surface area contributed by atoms with Gasteiger partial charge in [-0.05, 0) is 19.9 Å². The molecule has 0 aromatic carbocycles. The number of nitrogens with one attached hydrogen (secondary N) is 1. The van der Waals surface area contributed by atoms with Crippen molar-refractivity contribution in [3.8, 4) is 0 Å². The van der Waals surface area contributed by atoms with Crippen LogP contribution in [0, 0.1) is 0 Å². The van der Waals surface area contributed by atoms with Crippen molar-refractivity contribution in [2.24, 2.45) is 0 Å². The van der Waals surface area contributed by atoms with E-state index in [0.717, 1.165) is 0 Å². The number of pyridine rings is 1. The van der Waals surface area contributed by atoms with Gasteiger partial charge in [-0.2, -0.15) is 4.31 Å². The van der Waals surface area contributed by atoms with Gasteiger partial charge in [-0.15, -0.1) is 0 Å². The fourth-order valence-corrected chi connectivity index (χ4v) is 3.64. The van der Waals surface area contributed by atoms with Crippen LogP contribution >= 0.6 is 11.6 Å². The Morgan fingerprint density at radius 3 is 2.50 bits per heavy atom. The van der Waals surface area contributed by atoms with Crippen LogP contribution in [0.15, 0.2) is 17.2 Å². The lowest BCUT2D eigenvalue weighted by Gasteiger charge is -2.24. The Labute approximate surface area is 113 Å². The summed E-state index contributed by atoms with van der Waals surface area (Å²) in [5, 5.41) is 3.08. The SMILES string of the molecule is CCN(C(C)C)S(=O)(=O)c1cnc(NC)c(Cl)c1. The molecule has 0 radical (unpaired) electrons. The number of nitrogens with zero attached hydrogens (tertiary/aromatic N) is 2. The molecule has 0 unspecified atom stereocenters. The zero-order valence-corrected chi connectivity index (χ0v) is 12.5. The molecule has 1 N–H and O–H groups in total. The van der Waals surface area contributed by atoms with Crippen molar-refractivity contribution in [1.82, 2.24) is 9.29 Å². The monoisotopic (exact) mass is 291 g/mol. The molecule has 0 aliphatic carbocycles. The summed E-state index contributed by atoms with van der Waals surface area (Å²) in [4.78, 5) is 4.10. The second kappa shape index (κ2) is 5.86. The van der Waals surface area contributed by atoms with Gasteiger partial charge < -0.3 is 5.32 Å². The highest BCUT2D eigenvalue weighted by Gasteiger charge is 2.26. The number of anilines is 1. The molecule has 7 heteroatoms. The van der Waals surface area contributed by atoms with Gasteiger partial charge in [0.05, 0.1) is 5.02 Å². The van der Waals surface area contributed by atoms with Gasteiger partial charge in [0.1, 0.15) is 10.7 Å². The minimum absolute atomic E-state index is 0.109. The largest absolute Gasteiger partial charge is 0.372 e. The van der Waals surface area contributed by atoms with E-state index in [-0.39, 0.29) is 10.9 Å². The summed E-state index contributed by atoms with van der Waals surface area (Å²) < 4.78 is 26.1. The second-order valence-electron chi connectivity index (χ2n) is 4.05. The summed E-state index contributed by atoms with van der Waals surface area (Å²) in [5.41, 5.74) is 0. The number of halogens is 1. The zero-order chi connectivity index (χ0) is 13.9. The number of sulfonamides is 1. The minimum Gasteiger partial charge on any atom is -0.372 e. The highest BCUT2D eigenvalue weighted by molar-refractivity contribution is 7.89. The first kappa shape index (κ1) is 15.2. The summed E-state index contributed by atoms with van der Waals surface area (Å²) >= 11 is 5.96. The van der Waals surface area contributed by atoms with Gasteiger partial charge >= 0.3 is 0 Å². The van der Waals surface area contributed by atoms with Gasteiger partial charge in [-0.1, -0.05) is 18.5 Å². The number of rotatable bonds is 5. The Balaban J connectivity index is 3.24. The van der Waals surface area contributed by atoms with E-state index >= 15 is 0 Å². The zero-order valence-electron chi connectivity index (χ0n) is 10.9. The van der Waals surface area contributed by atoms with E-state index in [9.17, 15) is 8.42 Å². The lowest BCUT2D eigenvalue weighted by atomic mass is 10.4. The van der Waals surface area contributed by atoms with Crippen molar-refractivity contribution in [1.29, 1.82) is 0 Å². The molecule has 18 heavy (non-hydrogen) atoms. The third-order valence-corrected chi connectivity index (χ3v) is 4.95. The molecule has 0 fully saturated rings. The van der Waals surface area contributed by atoms with Crippen LogP contribution in [0.1, 0.15) is 20.8 Å². The molecule has 1 rings (SSSR count). The van der Waals surface area contributed by atoms with Gasteiger partial charge in [0.2, 0.25) is 10.0 Å². The standard InChI is InChI=1S/C11H18ClN3O2S/c1-5-15(8(2)3)18(16,17)9-6-10(12)11(13-4)14-7-9/h6-8H,5H2,1-4H3,(H,13,14). The molecule has 0 saturated carbocycles. The van der Waals surface area contributed by atoms with E-state index in [4.69, 9.17) is 11.6 Å². The average Bonchev–Trinajstić information content (AvgIpc) is 2.28. The van der Waals surface area contributed by atoms with Gasteiger partial charge in [0.25, 0.3) is 0 Å². The lowest BCUT2D eigenvalue weighted by Crippen LogP contribution is -2.36. The third-order valence-electron chi connectivity index (χ3n) is 2.55. The van der Waals surface area contributed by atoms with Crippen LogP contribution in [-0.4, -0.2) is 37.3 Å². The summed E-state index contributed by atoms with van der Waals surface area (Å²) in [6.07, 6.45) is 1.32. The van der Waals surface area contributed by atoms with Crippen molar-refractivity contribution in [3.05, 3.63) is 17.3 Å². The van der Waals surface area contributed by atoms with Crippen LogP contribution in [0.25, 0.3) is 0 Å². The Morgan fingerprint density at radius 2 is 2.11 bits per heavy atom. The van der Waals surface area contributed by atoms with Gasteiger partial charge in [-0.25, -0.2) is 13.4 Å². The highest BCUT2D eigenvalue weighted by Crippen LogP contribution is 2.24. The number of hydrogen-bond donors (Lipinski definition) is 1. The Hall–Kier alpha value is -0.850. The maximum atomic E-state index is 12.4. The molecule has 102 valence electrons. The van der Waals surface area contributed by atoms with E-state index in [1.54, 1.807) is 14.0 Å². The van der Waals surface area contributed by atoms with E-state index < -0.39 is 10.0 Å². The predicted molar refractivity (Wildman–Crippen MR) is 73.5 cm³/mol. The maximum absolute atomic E-state index is 12.4. The highest BCUT2D eigenvalue weighted by atomic mass is 35.5. The van der Waals surface area contributed by atoms with E-state index in [2.05, 4.69) is 10.3 Å². The summed E-state index contributed by atoms with van der Waals surface area (Å²) in [5.74, 6) is 0.461. The quantitative estimate of drug-likeness (QED) is 0.903. The van der Waals surface area contributed by atoms with Crippen molar-refractivity contribution >= 4 is 27.4 Å². The van der Waals surface area contributed by atoms with Crippen molar-refractivity contribution in [3.63, 3.8) is 0 Å². The van der Waals surface area contributed by atoms with Gasteiger partial charge in [0, 0.05) is 25.8 Å². The molecule has 0 aliphatic rings. The molecule has 0 saturated heterocycles. The van der Waals surface area contributed by atoms with Gasteiger partial charge in [-0.3, -0.25) is 0 Å². The Bertz CT molecular complexity index is 517. The van der Waals surface area contributed by atoms with Crippen LogP contribution in [0.5, 0.6) is 0 Å². The van der Waals surface area contributed by atoms with E-state index in [1.165, 1.54) is 16.6 Å². The van der Waals surface area contributed by atoms with Crippen molar-refractivity contribution < 1.29 is 8.42 Å². The Kier molecular flexibility index (Phi) is 4.95. The molecular weight excluding hydrogens is 274 g/mol. The topological polar surface area (TPSA) is 62.3 Å². The first-order chi connectivity index (χ1) is 8.34. The van der Waals surface area contributed by atoms with Crippen molar-refractivity contribution in [2.75, 3.05) is 18.9 Å². The normalized spacial score (nSPS) is 12.2. The molecule has 1 aromatic rings. The summed E-state index contributed by atoms with van der Waals surface area (Å²) in [7, 11) is -1.86. The predicted octanol–water partition coefficient (Wildman–Crippen LogP) is 2.20. The molecule has 0 atom stereocenters. The second-order valence-corrected chi connectivity index (χ2v) is 6.35. The van der Waals surface area contributed by atoms with Gasteiger partial charge in [0.15, 0.2) is 0 Å². The molecule has 0 bridgehead atoms. The maximum Gasteiger partial charge on any atom is 0.244 e. The minimum atomic E-state index is -3.54. The summed E-state index contributed by atoms with van der Waals surface area (Å²) in [6.45, 7) is 5.87.